The summed E-state index contributed by atoms with van der Waals surface area (Å²) in [4.78, 5) is 19.6. The van der Waals surface area contributed by atoms with Crippen molar-refractivity contribution in [1.82, 2.24) is 0 Å². The highest BCUT2D eigenvalue weighted by atomic mass is 35.5. The molecule has 0 saturated heterocycles. The van der Waals surface area contributed by atoms with Crippen molar-refractivity contribution < 1.29 is 14.3 Å². The van der Waals surface area contributed by atoms with Crippen LogP contribution in [0.5, 0.6) is 11.5 Å². The summed E-state index contributed by atoms with van der Waals surface area (Å²) in [5.41, 5.74) is 3.02. The molecule has 3 aromatic carbocycles. The minimum absolute atomic E-state index is 0.208. The summed E-state index contributed by atoms with van der Waals surface area (Å²) in [6, 6.07) is 22.8. The van der Waals surface area contributed by atoms with Crippen LogP contribution in [0.4, 0.5) is 5.69 Å². The molecule has 3 aromatic rings. The first-order valence-corrected chi connectivity index (χ1v) is 11.2. The number of ether oxygens (including phenoxy) is 2. The van der Waals surface area contributed by atoms with E-state index in [9.17, 15) is 4.79 Å². The number of methoxy groups -OCH3 is 2. The molecule has 32 heavy (non-hydrogen) atoms. The van der Waals surface area contributed by atoms with Gasteiger partial charge in [0.15, 0.2) is 5.17 Å². The third-order valence-electron chi connectivity index (χ3n) is 4.85. The summed E-state index contributed by atoms with van der Waals surface area (Å²) >= 11 is 7.69. The Bertz CT molecular complexity index is 1180. The Morgan fingerprint density at radius 2 is 1.75 bits per heavy atom. The molecule has 1 aliphatic heterocycles. The zero-order valence-electron chi connectivity index (χ0n) is 17.6. The Morgan fingerprint density at radius 1 is 1.00 bits per heavy atom. The lowest BCUT2D eigenvalue weighted by Gasteiger charge is -2.19. The predicted molar refractivity (Wildman–Crippen MR) is 132 cm³/mol. The van der Waals surface area contributed by atoms with Crippen LogP contribution in [0.2, 0.25) is 5.02 Å². The van der Waals surface area contributed by atoms with E-state index in [0.717, 1.165) is 16.9 Å². The topological polar surface area (TPSA) is 51.1 Å². The number of anilines is 1. The number of carbonyl (C=O) groups excluding carboxylic acids is 1. The summed E-state index contributed by atoms with van der Waals surface area (Å²) < 4.78 is 10.6. The van der Waals surface area contributed by atoms with E-state index in [-0.39, 0.29) is 5.91 Å². The van der Waals surface area contributed by atoms with Crippen LogP contribution in [-0.2, 0) is 10.5 Å². The number of benzene rings is 3. The van der Waals surface area contributed by atoms with Gasteiger partial charge in [0, 0.05) is 11.8 Å². The van der Waals surface area contributed by atoms with Gasteiger partial charge in [0.2, 0.25) is 0 Å². The lowest BCUT2D eigenvalue weighted by molar-refractivity contribution is -0.113. The average molecular weight is 465 g/mol. The molecular formula is C25H21ClN2O3S. The van der Waals surface area contributed by atoms with Crippen molar-refractivity contribution in [2.24, 2.45) is 4.99 Å². The average Bonchev–Trinajstić information content (AvgIpc) is 3.14. The fourth-order valence-electron chi connectivity index (χ4n) is 3.19. The van der Waals surface area contributed by atoms with Crippen molar-refractivity contribution in [3.05, 3.63) is 94.6 Å². The third kappa shape index (κ3) is 4.82. The second-order valence-electron chi connectivity index (χ2n) is 6.93. The van der Waals surface area contributed by atoms with Gasteiger partial charge in [0.05, 0.1) is 24.9 Å². The second kappa shape index (κ2) is 9.94. The molecular weight excluding hydrogens is 444 g/mol. The van der Waals surface area contributed by atoms with Crippen LogP contribution in [0.15, 0.2) is 83.5 Å². The highest BCUT2D eigenvalue weighted by Gasteiger charge is 2.32. The Morgan fingerprint density at radius 3 is 2.44 bits per heavy atom. The van der Waals surface area contributed by atoms with E-state index in [2.05, 4.69) is 4.99 Å². The summed E-state index contributed by atoms with van der Waals surface area (Å²) in [6.45, 7) is 0. The predicted octanol–water partition coefficient (Wildman–Crippen LogP) is 6.03. The number of carbonyl (C=O) groups is 1. The highest BCUT2D eigenvalue weighted by Crippen LogP contribution is 2.35. The quantitative estimate of drug-likeness (QED) is 0.417. The molecule has 0 atom stereocenters. The first-order chi connectivity index (χ1) is 15.6. The second-order valence-corrected chi connectivity index (χ2v) is 8.28. The number of thioether (sulfide) groups is 1. The van der Waals surface area contributed by atoms with Crippen LogP contribution in [0, 0.1) is 0 Å². The molecule has 0 unspecified atom stereocenters. The minimum Gasteiger partial charge on any atom is -0.497 e. The normalized spacial score (nSPS) is 14.6. The van der Waals surface area contributed by atoms with Crippen LogP contribution in [-0.4, -0.2) is 25.3 Å². The van der Waals surface area contributed by atoms with Gasteiger partial charge >= 0.3 is 0 Å². The van der Waals surface area contributed by atoms with Crippen LogP contribution < -0.4 is 14.4 Å². The van der Waals surface area contributed by atoms with Gasteiger partial charge in [0.25, 0.3) is 5.91 Å². The van der Waals surface area contributed by atoms with Crippen molar-refractivity contribution >= 4 is 46.2 Å². The number of amidine groups is 1. The molecule has 0 aliphatic carbocycles. The minimum atomic E-state index is -0.208. The zero-order valence-corrected chi connectivity index (χ0v) is 19.2. The van der Waals surface area contributed by atoms with E-state index in [1.807, 2.05) is 54.6 Å². The van der Waals surface area contributed by atoms with Gasteiger partial charge in [-0.3, -0.25) is 9.69 Å². The van der Waals surface area contributed by atoms with Gasteiger partial charge < -0.3 is 9.47 Å². The lowest BCUT2D eigenvalue weighted by Crippen LogP contribution is -2.30. The summed E-state index contributed by atoms with van der Waals surface area (Å²) in [6.07, 6.45) is 1.78. The van der Waals surface area contributed by atoms with Gasteiger partial charge in [-0.15, -0.1) is 0 Å². The van der Waals surface area contributed by atoms with E-state index < -0.39 is 0 Å². The van der Waals surface area contributed by atoms with Crippen LogP contribution in [0.3, 0.4) is 0 Å². The molecule has 7 heteroatoms. The Labute approximate surface area is 196 Å². The number of halogens is 1. The lowest BCUT2D eigenvalue weighted by atomic mass is 10.2. The maximum atomic E-state index is 13.4. The van der Waals surface area contributed by atoms with Crippen molar-refractivity contribution in [2.75, 3.05) is 19.1 Å². The molecule has 0 bridgehead atoms. The van der Waals surface area contributed by atoms with E-state index in [1.54, 1.807) is 43.4 Å². The first kappa shape index (κ1) is 22.0. The van der Waals surface area contributed by atoms with E-state index in [0.29, 0.717) is 33.1 Å². The van der Waals surface area contributed by atoms with Crippen LogP contribution in [0.25, 0.3) is 6.08 Å². The number of nitrogens with zero attached hydrogens (tertiary/aromatic N) is 2. The SMILES string of the molecule is COc1ccc(/C=C2\N=C(SCc3ccccc3)N(c3ccc(Cl)c(OC)c3)C2=O)cc1. The summed E-state index contributed by atoms with van der Waals surface area (Å²) in [7, 11) is 3.16. The maximum absolute atomic E-state index is 13.4. The van der Waals surface area contributed by atoms with Gasteiger partial charge in [-0.05, 0) is 41.5 Å². The zero-order chi connectivity index (χ0) is 22.5. The molecule has 1 amide bonds. The standard InChI is InChI=1S/C25H21ClN2O3S/c1-30-20-11-8-17(9-12-20)14-22-24(29)28(19-10-13-21(26)23(15-19)31-2)25(27-22)32-16-18-6-4-3-5-7-18/h3-15H,16H2,1-2H3/b22-14-. The Kier molecular flexibility index (Phi) is 6.83. The fraction of sp³-hybridized carbons (Fsp3) is 0.120. The summed E-state index contributed by atoms with van der Waals surface area (Å²) in [5.74, 6) is 1.73. The number of hydrogen-bond acceptors (Lipinski definition) is 5. The maximum Gasteiger partial charge on any atom is 0.283 e. The number of hydrogen-bond donors (Lipinski definition) is 0. The van der Waals surface area contributed by atoms with Gasteiger partial charge in [-0.1, -0.05) is 65.8 Å². The molecule has 0 saturated carbocycles. The van der Waals surface area contributed by atoms with Crippen molar-refractivity contribution in [3.8, 4) is 11.5 Å². The molecule has 4 rings (SSSR count). The smallest absolute Gasteiger partial charge is 0.283 e. The molecule has 1 heterocycles. The van der Waals surface area contributed by atoms with E-state index in [4.69, 9.17) is 21.1 Å². The highest BCUT2D eigenvalue weighted by molar-refractivity contribution is 8.13. The summed E-state index contributed by atoms with van der Waals surface area (Å²) in [5, 5.41) is 1.08. The Balaban J connectivity index is 1.68. The molecule has 162 valence electrons. The fourth-order valence-corrected chi connectivity index (χ4v) is 4.35. The van der Waals surface area contributed by atoms with E-state index in [1.165, 1.54) is 11.8 Å². The molecule has 0 N–H and O–H groups in total. The molecule has 0 fully saturated rings. The van der Waals surface area contributed by atoms with Gasteiger partial charge in [-0.2, -0.15) is 0 Å². The van der Waals surface area contributed by atoms with Crippen LogP contribution in [0.1, 0.15) is 11.1 Å². The van der Waals surface area contributed by atoms with Crippen molar-refractivity contribution in [1.29, 1.82) is 0 Å². The molecule has 5 nitrogen and oxygen atoms in total. The monoisotopic (exact) mass is 464 g/mol. The van der Waals surface area contributed by atoms with Crippen molar-refractivity contribution in [3.63, 3.8) is 0 Å². The number of aliphatic imine (C=N–C) groups is 1. The molecule has 0 aromatic heterocycles. The van der Waals surface area contributed by atoms with Gasteiger partial charge in [0.1, 0.15) is 17.2 Å². The number of rotatable bonds is 6. The largest absolute Gasteiger partial charge is 0.497 e. The van der Waals surface area contributed by atoms with Gasteiger partial charge in [-0.25, -0.2) is 4.99 Å². The van der Waals surface area contributed by atoms with Crippen molar-refractivity contribution in [2.45, 2.75) is 5.75 Å². The van der Waals surface area contributed by atoms with E-state index >= 15 is 0 Å². The Hall–Kier alpha value is -3.22. The molecule has 0 spiro atoms. The molecule has 0 radical (unpaired) electrons. The first-order valence-electron chi connectivity index (χ1n) is 9.88. The number of amides is 1. The van der Waals surface area contributed by atoms with Crippen LogP contribution >= 0.6 is 23.4 Å². The molecule has 1 aliphatic rings. The third-order valence-corrected chi connectivity index (χ3v) is 6.17.